The number of para-hydroxylation sites is 2. The fraction of sp³-hybridized carbons (Fsp3) is 0.190. The molecule has 0 saturated heterocycles. The lowest BCUT2D eigenvalue weighted by Crippen LogP contribution is -2.32. The summed E-state index contributed by atoms with van der Waals surface area (Å²) >= 11 is 0. The van der Waals surface area contributed by atoms with Gasteiger partial charge in [0.05, 0.1) is 11.3 Å². The molecule has 0 radical (unpaired) electrons. The highest BCUT2D eigenvalue weighted by Crippen LogP contribution is 2.32. The van der Waals surface area contributed by atoms with Crippen LogP contribution in [-0.2, 0) is 9.59 Å². The van der Waals surface area contributed by atoms with E-state index in [1.54, 1.807) is 51.4 Å². The number of carbonyl (C=O) groups excluding carboxylic acids is 3. The first kappa shape index (κ1) is 19.9. The summed E-state index contributed by atoms with van der Waals surface area (Å²) in [5, 5.41) is 16.4. The van der Waals surface area contributed by atoms with Gasteiger partial charge >= 0.3 is 0 Å². The van der Waals surface area contributed by atoms with Gasteiger partial charge in [-0.3, -0.25) is 19.3 Å². The third kappa shape index (κ3) is 3.77. The number of phenols is 1. The molecule has 8 heteroatoms. The number of carbonyl (C=O) groups is 3. The van der Waals surface area contributed by atoms with Gasteiger partial charge < -0.3 is 20.6 Å². The smallest absolute Gasteiger partial charge is 0.279 e. The van der Waals surface area contributed by atoms with E-state index < -0.39 is 11.8 Å². The number of imide groups is 1. The Morgan fingerprint density at radius 1 is 0.966 bits per heavy atom. The molecule has 0 saturated carbocycles. The Bertz CT molecular complexity index is 999. The Labute approximate surface area is 168 Å². The first-order valence-corrected chi connectivity index (χ1v) is 9.08. The van der Waals surface area contributed by atoms with Crippen LogP contribution in [-0.4, -0.2) is 53.3 Å². The Morgan fingerprint density at radius 3 is 2.17 bits per heavy atom. The fourth-order valence-corrected chi connectivity index (χ4v) is 2.95. The van der Waals surface area contributed by atoms with Gasteiger partial charge in [0, 0.05) is 26.3 Å². The summed E-state index contributed by atoms with van der Waals surface area (Å²) in [5.74, 6) is -1.66. The molecular weight excluding hydrogens is 372 g/mol. The van der Waals surface area contributed by atoms with Crippen LogP contribution in [0.4, 0.5) is 11.4 Å². The summed E-state index contributed by atoms with van der Waals surface area (Å²) in [6.07, 6.45) is 0. The predicted octanol–water partition coefficient (Wildman–Crippen LogP) is 2.22. The van der Waals surface area contributed by atoms with Crippen molar-refractivity contribution in [3.8, 4) is 5.75 Å². The molecule has 150 valence electrons. The number of hydrogen-bond acceptors (Lipinski definition) is 6. The lowest BCUT2D eigenvalue weighted by atomic mass is 10.1. The third-order valence-electron chi connectivity index (χ3n) is 4.46. The summed E-state index contributed by atoms with van der Waals surface area (Å²) in [6.45, 7) is 1.90. The Kier molecular flexibility index (Phi) is 5.54. The molecule has 0 bridgehead atoms. The lowest BCUT2D eigenvalue weighted by molar-refractivity contribution is -0.137. The Morgan fingerprint density at radius 2 is 1.59 bits per heavy atom. The van der Waals surface area contributed by atoms with Crippen LogP contribution in [0.1, 0.15) is 17.3 Å². The van der Waals surface area contributed by atoms with Gasteiger partial charge in [-0.2, -0.15) is 0 Å². The molecule has 0 unspecified atom stereocenters. The van der Waals surface area contributed by atoms with Crippen LogP contribution in [0.3, 0.4) is 0 Å². The number of hydrogen-bond donors (Lipinski definition) is 3. The van der Waals surface area contributed by atoms with E-state index >= 15 is 0 Å². The summed E-state index contributed by atoms with van der Waals surface area (Å²) in [4.78, 5) is 40.2. The van der Waals surface area contributed by atoms with Gasteiger partial charge in [-0.15, -0.1) is 0 Å². The van der Waals surface area contributed by atoms with Gasteiger partial charge in [0.15, 0.2) is 5.75 Å². The largest absolute Gasteiger partial charge is 0.505 e. The van der Waals surface area contributed by atoms with E-state index in [0.29, 0.717) is 5.69 Å². The summed E-state index contributed by atoms with van der Waals surface area (Å²) in [7, 11) is 3.15. The van der Waals surface area contributed by atoms with Crippen molar-refractivity contribution in [3.63, 3.8) is 0 Å². The first-order chi connectivity index (χ1) is 13.8. The van der Waals surface area contributed by atoms with Gasteiger partial charge in [0.2, 0.25) is 0 Å². The lowest BCUT2D eigenvalue weighted by Gasteiger charge is -2.15. The molecular formula is C21H22N4O4. The van der Waals surface area contributed by atoms with Gasteiger partial charge in [0.25, 0.3) is 17.7 Å². The zero-order valence-corrected chi connectivity index (χ0v) is 16.4. The predicted molar refractivity (Wildman–Crippen MR) is 109 cm³/mol. The zero-order chi connectivity index (χ0) is 21.1. The number of benzene rings is 2. The van der Waals surface area contributed by atoms with E-state index in [9.17, 15) is 19.5 Å². The number of aromatic hydroxyl groups is 1. The summed E-state index contributed by atoms with van der Waals surface area (Å²) in [5.41, 5.74) is 0.959. The second-order valence-electron chi connectivity index (χ2n) is 6.62. The van der Waals surface area contributed by atoms with Crippen LogP contribution in [0, 0.1) is 0 Å². The van der Waals surface area contributed by atoms with Crippen molar-refractivity contribution in [1.82, 2.24) is 9.80 Å². The number of rotatable bonds is 6. The third-order valence-corrected chi connectivity index (χ3v) is 4.46. The number of nitrogens with one attached hydrogen (secondary N) is 2. The molecule has 3 N–H and O–H groups in total. The van der Waals surface area contributed by atoms with E-state index in [1.807, 2.05) is 6.07 Å². The van der Waals surface area contributed by atoms with Crippen LogP contribution >= 0.6 is 0 Å². The van der Waals surface area contributed by atoms with Crippen molar-refractivity contribution in [1.29, 1.82) is 0 Å². The van der Waals surface area contributed by atoms with Gasteiger partial charge in [-0.05, 0) is 31.2 Å². The maximum Gasteiger partial charge on any atom is 0.279 e. The van der Waals surface area contributed by atoms with Crippen LogP contribution in [0.15, 0.2) is 59.9 Å². The minimum atomic E-state index is -0.514. The van der Waals surface area contributed by atoms with Crippen molar-refractivity contribution in [3.05, 3.63) is 65.5 Å². The van der Waals surface area contributed by atoms with Crippen molar-refractivity contribution in [2.24, 2.45) is 0 Å². The first-order valence-electron chi connectivity index (χ1n) is 9.08. The van der Waals surface area contributed by atoms with E-state index in [0.717, 1.165) is 4.90 Å². The molecule has 1 heterocycles. The Hall–Kier alpha value is -3.81. The SMILES string of the molecule is CCN1C(=O)C(Nc2ccccc2)=C(Nc2cccc(C(=O)N(C)C)c2O)C1=O. The molecule has 3 rings (SSSR count). The van der Waals surface area contributed by atoms with E-state index in [4.69, 9.17) is 0 Å². The molecule has 0 fully saturated rings. The maximum absolute atomic E-state index is 12.8. The fourth-order valence-electron chi connectivity index (χ4n) is 2.95. The van der Waals surface area contributed by atoms with Crippen LogP contribution in [0.2, 0.25) is 0 Å². The highest BCUT2D eigenvalue weighted by Gasteiger charge is 2.38. The Balaban J connectivity index is 2.02. The molecule has 29 heavy (non-hydrogen) atoms. The minimum Gasteiger partial charge on any atom is -0.505 e. The van der Waals surface area contributed by atoms with Crippen molar-refractivity contribution >= 4 is 29.1 Å². The van der Waals surface area contributed by atoms with Crippen molar-refractivity contribution < 1.29 is 19.5 Å². The van der Waals surface area contributed by atoms with Gasteiger partial charge in [-0.25, -0.2) is 0 Å². The molecule has 2 aromatic carbocycles. The number of likely N-dealkylation sites (N-methyl/N-ethyl adjacent to an activating group) is 1. The van der Waals surface area contributed by atoms with Gasteiger partial charge in [0.1, 0.15) is 11.4 Å². The normalized spacial score (nSPS) is 13.7. The highest BCUT2D eigenvalue weighted by atomic mass is 16.3. The quantitative estimate of drug-likeness (QED) is 0.513. The van der Waals surface area contributed by atoms with Crippen LogP contribution < -0.4 is 10.6 Å². The molecule has 0 atom stereocenters. The van der Waals surface area contributed by atoms with Gasteiger partial charge in [-0.1, -0.05) is 24.3 Å². The standard InChI is InChI=1S/C21H22N4O4/c1-4-25-20(28)16(22-13-9-6-5-7-10-13)17(21(25)29)23-15-12-8-11-14(18(15)26)19(27)24(2)3/h5-12,22-23,26H,4H2,1-3H3. The molecule has 3 amide bonds. The second kappa shape index (κ2) is 8.05. The van der Waals surface area contributed by atoms with Crippen LogP contribution in [0.25, 0.3) is 0 Å². The molecule has 8 nitrogen and oxygen atoms in total. The van der Waals surface area contributed by atoms with Crippen LogP contribution in [0.5, 0.6) is 5.75 Å². The number of amides is 3. The number of phenolic OH excluding ortho intramolecular Hbond substituents is 1. The topological polar surface area (TPSA) is 102 Å². The number of anilines is 2. The molecule has 1 aliphatic rings. The zero-order valence-electron chi connectivity index (χ0n) is 16.4. The highest BCUT2D eigenvalue weighted by molar-refractivity contribution is 6.21. The molecule has 1 aliphatic heterocycles. The number of nitrogens with zero attached hydrogens (tertiary/aromatic N) is 2. The van der Waals surface area contributed by atoms with E-state index in [2.05, 4.69) is 10.6 Å². The summed E-state index contributed by atoms with van der Waals surface area (Å²) in [6, 6.07) is 13.6. The molecule has 2 aromatic rings. The summed E-state index contributed by atoms with van der Waals surface area (Å²) < 4.78 is 0. The van der Waals surface area contributed by atoms with Crippen molar-refractivity contribution in [2.45, 2.75) is 6.92 Å². The second-order valence-corrected chi connectivity index (χ2v) is 6.62. The average molecular weight is 394 g/mol. The molecule has 0 aliphatic carbocycles. The van der Waals surface area contributed by atoms with E-state index in [1.165, 1.54) is 17.0 Å². The van der Waals surface area contributed by atoms with E-state index in [-0.39, 0.29) is 40.8 Å². The minimum absolute atomic E-state index is 0.00505. The van der Waals surface area contributed by atoms with Crippen molar-refractivity contribution in [2.75, 3.05) is 31.3 Å². The molecule has 0 spiro atoms. The monoisotopic (exact) mass is 394 g/mol. The molecule has 0 aromatic heterocycles. The average Bonchev–Trinajstić information content (AvgIpc) is 2.93. The maximum atomic E-state index is 12.8.